The van der Waals surface area contributed by atoms with Crippen molar-refractivity contribution in [3.05, 3.63) is 70.0 Å². The van der Waals surface area contributed by atoms with E-state index in [2.05, 4.69) is 20.3 Å². The van der Waals surface area contributed by atoms with Crippen molar-refractivity contribution >= 4 is 45.1 Å². The molecule has 1 saturated heterocycles. The van der Waals surface area contributed by atoms with Gasteiger partial charge in [0.1, 0.15) is 28.2 Å². The fourth-order valence-electron chi connectivity index (χ4n) is 5.50. The van der Waals surface area contributed by atoms with Crippen LogP contribution in [0, 0.1) is 18.6 Å². The number of hydrogen-bond donors (Lipinski definition) is 1. The van der Waals surface area contributed by atoms with Crippen molar-refractivity contribution < 1.29 is 22.7 Å². The number of morpholine rings is 1. The minimum absolute atomic E-state index is 0.00479. The van der Waals surface area contributed by atoms with Crippen LogP contribution < -0.4 is 15.8 Å². The molecule has 42 heavy (non-hydrogen) atoms. The Morgan fingerprint density at radius 3 is 2.55 bits per heavy atom. The molecule has 1 aliphatic rings. The Morgan fingerprint density at radius 2 is 1.83 bits per heavy atom. The Bertz CT molecular complexity index is 1930. The average molecular weight is 575 g/mol. The molecule has 0 atom stereocenters. The van der Waals surface area contributed by atoms with E-state index in [1.165, 1.54) is 13.0 Å². The van der Waals surface area contributed by atoms with Crippen LogP contribution in [0.3, 0.4) is 0 Å². The Hall–Kier alpha value is -4.71. The summed E-state index contributed by atoms with van der Waals surface area (Å²) in [5, 5.41) is 3.60. The smallest absolute Gasteiger partial charge is 0.349 e. The minimum atomic E-state index is -0.734. The van der Waals surface area contributed by atoms with Gasteiger partial charge < -0.3 is 23.9 Å². The maximum Gasteiger partial charge on any atom is 0.349 e. The first kappa shape index (κ1) is 27.5. The van der Waals surface area contributed by atoms with E-state index in [0.29, 0.717) is 54.4 Å². The number of imidazole rings is 1. The maximum absolute atomic E-state index is 15.1. The standard InChI is InChI=1S/C30H28F2N6O4/c1-15(2)38-17(4)34-27-21(31)11-18(12-23(27)38)26-22(32)14-33-30(36-26)35-19-5-6-20-24(13-19)42-29(40)25(16(3)39)28(20)37-7-9-41-10-8-37/h5-6,11-15H,7-10H2,1-4H3,(H,33,35,36). The molecule has 1 N–H and O–H groups in total. The lowest BCUT2D eigenvalue weighted by atomic mass is 10.1. The monoisotopic (exact) mass is 574 g/mol. The number of ketones is 1. The molecule has 5 aromatic rings. The first-order valence-corrected chi connectivity index (χ1v) is 13.5. The van der Waals surface area contributed by atoms with E-state index < -0.39 is 17.3 Å². The molecule has 6 rings (SSSR count). The molecular weight excluding hydrogens is 546 g/mol. The molecule has 0 radical (unpaired) electrons. The number of Topliss-reactive ketones (excluding diaryl/α,β-unsaturated/α-hetero) is 1. The quantitative estimate of drug-likeness (QED) is 0.206. The summed E-state index contributed by atoms with van der Waals surface area (Å²) in [5.74, 6) is -0.985. The average Bonchev–Trinajstić information content (AvgIpc) is 3.30. The van der Waals surface area contributed by atoms with Gasteiger partial charge in [0.05, 0.1) is 30.6 Å². The third-order valence-corrected chi connectivity index (χ3v) is 7.27. The molecule has 1 aliphatic heterocycles. The lowest BCUT2D eigenvalue weighted by Gasteiger charge is -2.30. The number of aromatic nitrogens is 4. The van der Waals surface area contributed by atoms with Crippen molar-refractivity contribution in [3.63, 3.8) is 0 Å². The van der Waals surface area contributed by atoms with Gasteiger partial charge >= 0.3 is 5.63 Å². The highest BCUT2D eigenvalue weighted by molar-refractivity contribution is 6.07. The summed E-state index contributed by atoms with van der Waals surface area (Å²) in [6.45, 7) is 9.04. The van der Waals surface area contributed by atoms with Crippen LogP contribution in [-0.4, -0.2) is 51.6 Å². The van der Waals surface area contributed by atoms with Crippen LogP contribution in [0.4, 0.5) is 26.1 Å². The molecule has 0 aliphatic carbocycles. The molecule has 12 heteroatoms. The molecule has 1 fully saturated rings. The van der Waals surface area contributed by atoms with Crippen LogP contribution in [-0.2, 0) is 4.74 Å². The number of ether oxygens (including phenoxy) is 1. The predicted molar refractivity (Wildman–Crippen MR) is 155 cm³/mol. The van der Waals surface area contributed by atoms with Gasteiger partial charge in [0, 0.05) is 41.8 Å². The number of rotatable bonds is 6. The summed E-state index contributed by atoms with van der Waals surface area (Å²) >= 11 is 0. The Kier molecular flexibility index (Phi) is 6.93. The normalized spacial score (nSPS) is 13.8. The van der Waals surface area contributed by atoms with E-state index in [4.69, 9.17) is 9.15 Å². The van der Waals surface area contributed by atoms with E-state index in [9.17, 15) is 14.0 Å². The highest BCUT2D eigenvalue weighted by atomic mass is 19.1. The van der Waals surface area contributed by atoms with Gasteiger partial charge in [-0.25, -0.2) is 28.5 Å². The molecule has 10 nitrogen and oxygen atoms in total. The molecule has 216 valence electrons. The maximum atomic E-state index is 15.1. The second-order valence-electron chi connectivity index (χ2n) is 10.4. The Labute approximate surface area is 239 Å². The lowest BCUT2D eigenvalue weighted by molar-refractivity contribution is 0.101. The molecule has 2 aromatic carbocycles. The van der Waals surface area contributed by atoms with E-state index in [0.717, 1.165) is 6.20 Å². The largest absolute Gasteiger partial charge is 0.422 e. The van der Waals surface area contributed by atoms with Gasteiger partial charge in [0.15, 0.2) is 17.4 Å². The third kappa shape index (κ3) is 4.77. The van der Waals surface area contributed by atoms with E-state index in [1.54, 1.807) is 31.2 Å². The van der Waals surface area contributed by atoms with Crippen molar-refractivity contribution in [2.75, 3.05) is 36.5 Å². The SMILES string of the molecule is CC(=O)c1c(N2CCOCC2)c2ccc(Nc3ncc(F)c(-c4cc(F)c5nc(C)n(C(C)C)c5c4)n3)cc2oc1=O. The van der Waals surface area contributed by atoms with Crippen molar-refractivity contribution in [2.45, 2.75) is 33.7 Å². The summed E-state index contributed by atoms with van der Waals surface area (Å²) in [6, 6.07) is 7.93. The summed E-state index contributed by atoms with van der Waals surface area (Å²) in [6.07, 6.45) is 1.01. The molecule has 0 amide bonds. The van der Waals surface area contributed by atoms with Crippen LogP contribution in [0.25, 0.3) is 33.3 Å². The lowest BCUT2D eigenvalue weighted by Crippen LogP contribution is -2.38. The number of benzene rings is 2. The first-order chi connectivity index (χ1) is 20.1. The number of hydrogen-bond acceptors (Lipinski definition) is 9. The summed E-state index contributed by atoms with van der Waals surface area (Å²) in [4.78, 5) is 39.9. The van der Waals surface area contributed by atoms with Gasteiger partial charge in [-0.05, 0) is 52.0 Å². The van der Waals surface area contributed by atoms with Crippen LogP contribution in [0.2, 0.25) is 0 Å². The zero-order valence-electron chi connectivity index (χ0n) is 23.5. The fourth-order valence-corrected chi connectivity index (χ4v) is 5.50. The highest BCUT2D eigenvalue weighted by Gasteiger charge is 2.25. The topological polar surface area (TPSA) is 115 Å². The minimum Gasteiger partial charge on any atom is -0.422 e. The van der Waals surface area contributed by atoms with Crippen molar-refractivity contribution in [3.8, 4) is 11.3 Å². The van der Waals surface area contributed by atoms with Crippen LogP contribution in [0.1, 0.15) is 43.0 Å². The van der Waals surface area contributed by atoms with Crippen LogP contribution >= 0.6 is 0 Å². The molecule has 0 unspecified atom stereocenters. The van der Waals surface area contributed by atoms with E-state index in [1.807, 2.05) is 23.3 Å². The summed E-state index contributed by atoms with van der Waals surface area (Å²) in [5.41, 5.74) is 1.38. The third-order valence-electron chi connectivity index (χ3n) is 7.27. The fraction of sp³-hybridized carbons (Fsp3) is 0.300. The van der Waals surface area contributed by atoms with Gasteiger partial charge in [-0.15, -0.1) is 0 Å². The van der Waals surface area contributed by atoms with Crippen molar-refractivity contribution in [2.24, 2.45) is 0 Å². The van der Waals surface area contributed by atoms with Gasteiger partial charge in [0.2, 0.25) is 5.95 Å². The number of carbonyl (C=O) groups is 1. The number of nitrogens with one attached hydrogen (secondary N) is 1. The molecule has 4 heterocycles. The van der Waals surface area contributed by atoms with Gasteiger partial charge in [-0.3, -0.25) is 4.79 Å². The zero-order valence-corrected chi connectivity index (χ0v) is 23.5. The van der Waals surface area contributed by atoms with Gasteiger partial charge in [-0.2, -0.15) is 0 Å². The molecule has 3 aromatic heterocycles. The van der Waals surface area contributed by atoms with Crippen LogP contribution in [0.15, 0.2) is 45.7 Å². The van der Waals surface area contributed by atoms with Crippen molar-refractivity contribution in [1.82, 2.24) is 19.5 Å². The number of anilines is 3. The first-order valence-electron chi connectivity index (χ1n) is 13.5. The molecular formula is C30H28F2N6O4. The predicted octanol–water partition coefficient (Wildman–Crippen LogP) is 5.55. The van der Waals surface area contributed by atoms with Crippen LogP contribution in [0.5, 0.6) is 0 Å². The summed E-state index contributed by atoms with van der Waals surface area (Å²) < 4.78 is 42.9. The van der Waals surface area contributed by atoms with E-state index in [-0.39, 0.29) is 45.7 Å². The van der Waals surface area contributed by atoms with Gasteiger partial charge in [-0.1, -0.05) is 0 Å². The van der Waals surface area contributed by atoms with Gasteiger partial charge in [0.25, 0.3) is 0 Å². The zero-order chi connectivity index (χ0) is 29.7. The number of halogens is 2. The number of nitrogens with zero attached hydrogens (tertiary/aromatic N) is 5. The number of carbonyl (C=O) groups excluding carboxylic acids is 1. The number of aryl methyl sites for hydroxylation is 1. The second-order valence-corrected chi connectivity index (χ2v) is 10.4. The Morgan fingerprint density at radius 1 is 1.07 bits per heavy atom. The molecule has 0 spiro atoms. The van der Waals surface area contributed by atoms with Crippen molar-refractivity contribution in [1.29, 1.82) is 0 Å². The summed E-state index contributed by atoms with van der Waals surface area (Å²) in [7, 11) is 0. The molecule has 0 saturated carbocycles. The van der Waals surface area contributed by atoms with E-state index >= 15 is 4.39 Å². The second kappa shape index (κ2) is 10.6. The Balaban J connectivity index is 1.39. The highest BCUT2D eigenvalue weighted by Crippen LogP contribution is 2.33. The molecule has 0 bridgehead atoms. The number of fused-ring (bicyclic) bond motifs is 2.